The Morgan fingerprint density at radius 1 is 1.62 bits per heavy atom. The Morgan fingerprint density at radius 2 is 2.44 bits per heavy atom. The lowest BCUT2D eigenvalue weighted by Crippen LogP contribution is -2.39. The molecule has 1 unspecified atom stereocenters. The van der Waals surface area contributed by atoms with Gasteiger partial charge in [0, 0.05) is 24.5 Å². The quantitative estimate of drug-likeness (QED) is 0.805. The van der Waals surface area contributed by atoms with Gasteiger partial charge in [0.2, 0.25) is 0 Å². The van der Waals surface area contributed by atoms with E-state index < -0.39 is 9.84 Å². The standard InChI is InChI=1S/C10H17N3O2S/c1-8-11-5-10(13-8)6-12-9-3-2-4-16(14,15)7-9/h5,9,12H,2-4,6-7H2,1H3,(H,11,13). The highest BCUT2D eigenvalue weighted by atomic mass is 32.2. The Labute approximate surface area is 95.6 Å². The third-order valence-electron chi connectivity index (χ3n) is 2.80. The summed E-state index contributed by atoms with van der Waals surface area (Å²) in [6, 6.07) is 0.0855. The van der Waals surface area contributed by atoms with Gasteiger partial charge in [-0.3, -0.25) is 0 Å². The topological polar surface area (TPSA) is 74.8 Å². The minimum absolute atomic E-state index is 0.0855. The lowest BCUT2D eigenvalue weighted by molar-refractivity contribution is 0.478. The number of hydrogen-bond acceptors (Lipinski definition) is 4. The van der Waals surface area contributed by atoms with Gasteiger partial charge in [-0.2, -0.15) is 0 Å². The van der Waals surface area contributed by atoms with Crippen LogP contribution in [0.25, 0.3) is 0 Å². The lowest BCUT2D eigenvalue weighted by atomic mass is 10.2. The van der Waals surface area contributed by atoms with Crippen molar-refractivity contribution in [3.63, 3.8) is 0 Å². The molecule has 6 heteroatoms. The normalized spacial score (nSPS) is 24.4. The summed E-state index contributed by atoms with van der Waals surface area (Å²) >= 11 is 0. The molecular formula is C10H17N3O2S. The van der Waals surface area contributed by atoms with Crippen LogP contribution >= 0.6 is 0 Å². The lowest BCUT2D eigenvalue weighted by Gasteiger charge is -2.22. The minimum atomic E-state index is -2.82. The van der Waals surface area contributed by atoms with Crippen molar-refractivity contribution in [3.8, 4) is 0 Å². The van der Waals surface area contributed by atoms with Crippen LogP contribution in [0.1, 0.15) is 24.4 Å². The molecule has 0 radical (unpaired) electrons. The van der Waals surface area contributed by atoms with E-state index in [1.54, 1.807) is 6.20 Å². The highest BCUT2D eigenvalue weighted by molar-refractivity contribution is 7.91. The van der Waals surface area contributed by atoms with Gasteiger partial charge in [0.25, 0.3) is 0 Å². The van der Waals surface area contributed by atoms with E-state index in [1.807, 2.05) is 6.92 Å². The Kier molecular flexibility index (Phi) is 3.30. The summed E-state index contributed by atoms with van der Waals surface area (Å²) in [6.07, 6.45) is 3.48. The van der Waals surface area contributed by atoms with Crippen molar-refractivity contribution < 1.29 is 8.42 Å². The maximum absolute atomic E-state index is 11.4. The molecule has 0 aromatic carbocycles. The van der Waals surface area contributed by atoms with Gasteiger partial charge in [-0.15, -0.1) is 0 Å². The van der Waals surface area contributed by atoms with E-state index in [2.05, 4.69) is 15.3 Å². The molecule has 16 heavy (non-hydrogen) atoms. The molecule has 1 saturated heterocycles. The number of aryl methyl sites for hydroxylation is 1. The number of aromatic amines is 1. The Balaban J connectivity index is 1.86. The molecule has 0 saturated carbocycles. The maximum Gasteiger partial charge on any atom is 0.151 e. The molecule has 1 atom stereocenters. The molecule has 1 aliphatic rings. The van der Waals surface area contributed by atoms with Crippen LogP contribution in [0.4, 0.5) is 0 Å². The molecule has 1 aromatic rings. The van der Waals surface area contributed by atoms with Crippen molar-refractivity contribution in [1.82, 2.24) is 15.3 Å². The monoisotopic (exact) mass is 243 g/mol. The largest absolute Gasteiger partial charge is 0.345 e. The van der Waals surface area contributed by atoms with Crippen molar-refractivity contribution in [2.75, 3.05) is 11.5 Å². The third-order valence-corrected chi connectivity index (χ3v) is 4.62. The zero-order chi connectivity index (χ0) is 11.6. The first kappa shape index (κ1) is 11.6. The summed E-state index contributed by atoms with van der Waals surface area (Å²) in [5.41, 5.74) is 1.00. The fourth-order valence-corrected chi connectivity index (χ4v) is 3.67. The second-order valence-electron chi connectivity index (χ2n) is 4.33. The van der Waals surface area contributed by atoms with E-state index in [-0.39, 0.29) is 11.8 Å². The molecule has 2 N–H and O–H groups in total. The Bertz CT molecular complexity index is 452. The van der Waals surface area contributed by atoms with Crippen LogP contribution in [-0.4, -0.2) is 35.9 Å². The SMILES string of the molecule is Cc1ncc(CNC2CCCS(=O)(=O)C2)[nH]1. The maximum atomic E-state index is 11.4. The molecule has 1 fully saturated rings. The summed E-state index contributed by atoms with van der Waals surface area (Å²) in [5, 5.41) is 3.26. The summed E-state index contributed by atoms with van der Waals surface area (Å²) in [6.45, 7) is 2.55. The molecule has 1 aromatic heterocycles. The molecule has 0 amide bonds. The van der Waals surface area contributed by atoms with E-state index in [4.69, 9.17) is 0 Å². The summed E-state index contributed by atoms with van der Waals surface area (Å²) in [7, 11) is -2.82. The molecule has 1 aliphatic heterocycles. The van der Waals surface area contributed by atoms with Crippen LogP contribution in [-0.2, 0) is 16.4 Å². The van der Waals surface area contributed by atoms with E-state index in [1.165, 1.54) is 0 Å². The zero-order valence-corrected chi connectivity index (χ0v) is 10.2. The first-order valence-corrected chi connectivity index (χ1v) is 7.31. The molecular weight excluding hydrogens is 226 g/mol. The first-order valence-electron chi connectivity index (χ1n) is 5.49. The van der Waals surface area contributed by atoms with E-state index in [9.17, 15) is 8.42 Å². The van der Waals surface area contributed by atoms with Gasteiger partial charge in [-0.1, -0.05) is 0 Å². The van der Waals surface area contributed by atoms with Crippen LogP contribution < -0.4 is 5.32 Å². The Morgan fingerprint density at radius 3 is 3.06 bits per heavy atom. The number of imidazole rings is 1. The third kappa shape index (κ3) is 3.05. The number of rotatable bonds is 3. The zero-order valence-electron chi connectivity index (χ0n) is 9.36. The van der Waals surface area contributed by atoms with Crippen LogP contribution in [0.5, 0.6) is 0 Å². The number of nitrogens with one attached hydrogen (secondary N) is 2. The highest BCUT2D eigenvalue weighted by Crippen LogP contribution is 2.12. The molecule has 0 spiro atoms. The molecule has 0 aliphatic carbocycles. The van der Waals surface area contributed by atoms with Gasteiger partial charge in [-0.05, 0) is 19.8 Å². The first-order chi connectivity index (χ1) is 7.55. The molecule has 5 nitrogen and oxygen atoms in total. The molecule has 2 heterocycles. The average Bonchev–Trinajstić information content (AvgIpc) is 2.60. The van der Waals surface area contributed by atoms with Gasteiger partial charge >= 0.3 is 0 Å². The molecule has 90 valence electrons. The number of hydrogen-bond donors (Lipinski definition) is 2. The number of nitrogens with zero attached hydrogens (tertiary/aromatic N) is 1. The number of H-pyrrole nitrogens is 1. The fraction of sp³-hybridized carbons (Fsp3) is 0.700. The highest BCUT2D eigenvalue weighted by Gasteiger charge is 2.24. The van der Waals surface area contributed by atoms with Crippen LogP contribution in [0.15, 0.2) is 6.20 Å². The summed E-state index contributed by atoms with van der Waals surface area (Å²) < 4.78 is 22.8. The van der Waals surface area contributed by atoms with E-state index in [0.29, 0.717) is 12.3 Å². The van der Waals surface area contributed by atoms with Crippen molar-refractivity contribution >= 4 is 9.84 Å². The van der Waals surface area contributed by atoms with Gasteiger partial charge in [0.15, 0.2) is 9.84 Å². The minimum Gasteiger partial charge on any atom is -0.345 e. The van der Waals surface area contributed by atoms with Gasteiger partial charge < -0.3 is 10.3 Å². The van der Waals surface area contributed by atoms with E-state index in [0.717, 1.165) is 24.4 Å². The van der Waals surface area contributed by atoms with Gasteiger partial charge in [0.05, 0.1) is 11.5 Å². The van der Waals surface area contributed by atoms with Crippen molar-refractivity contribution in [2.24, 2.45) is 0 Å². The summed E-state index contributed by atoms with van der Waals surface area (Å²) in [4.78, 5) is 7.21. The fourth-order valence-electron chi connectivity index (χ4n) is 2.00. The van der Waals surface area contributed by atoms with Crippen LogP contribution in [0.2, 0.25) is 0 Å². The predicted octanol–water partition coefficient (Wildman–Crippen LogP) is 0.385. The van der Waals surface area contributed by atoms with Crippen molar-refractivity contribution in [3.05, 3.63) is 17.7 Å². The van der Waals surface area contributed by atoms with Crippen molar-refractivity contribution in [2.45, 2.75) is 32.4 Å². The second-order valence-corrected chi connectivity index (χ2v) is 6.56. The second kappa shape index (κ2) is 4.55. The van der Waals surface area contributed by atoms with Crippen LogP contribution in [0.3, 0.4) is 0 Å². The summed E-state index contributed by atoms with van der Waals surface area (Å²) in [5.74, 6) is 1.49. The molecule has 2 rings (SSSR count). The van der Waals surface area contributed by atoms with Gasteiger partial charge in [-0.25, -0.2) is 13.4 Å². The smallest absolute Gasteiger partial charge is 0.151 e. The number of sulfone groups is 1. The molecule has 0 bridgehead atoms. The average molecular weight is 243 g/mol. The Hall–Kier alpha value is -0.880. The van der Waals surface area contributed by atoms with Gasteiger partial charge in [0.1, 0.15) is 5.82 Å². The predicted molar refractivity (Wildman–Crippen MR) is 61.8 cm³/mol. The van der Waals surface area contributed by atoms with Crippen molar-refractivity contribution in [1.29, 1.82) is 0 Å². The van der Waals surface area contributed by atoms with E-state index >= 15 is 0 Å². The number of aromatic nitrogens is 2. The van der Waals surface area contributed by atoms with Crippen LogP contribution in [0, 0.1) is 6.92 Å².